The Bertz CT molecular complexity index is 221. The third-order valence-electron chi connectivity index (χ3n) is 3.00. The standard InChI is InChI=1S/C14H24O2/c1-2-3-4-5-6-7-8-10-13-11-9-12-14(15)16-13/h6-7,13H,2-5,8-12H2,1H3/b7-6+. The third-order valence-corrected chi connectivity index (χ3v) is 3.00. The van der Waals surface area contributed by atoms with E-state index in [1.807, 2.05) is 0 Å². The summed E-state index contributed by atoms with van der Waals surface area (Å²) in [6.07, 6.45) is 14.5. The molecule has 2 nitrogen and oxygen atoms in total. The first-order valence-corrected chi connectivity index (χ1v) is 6.67. The Labute approximate surface area is 99.1 Å². The van der Waals surface area contributed by atoms with Gasteiger partial charge >= 0.3 is 5.97 Å². The SMILES string of the molecule is CCCCC/C=C/CCC1CCCC(=O)O1. The van der Waals surface area contributed by atoms with E-state index in [0.717, 1.165) is 25.7 Å². The van der Waals surface area contributed by atoms with Crippen molar-refractivity contribution in [1.82, 2.24) is 0 Å². The van der Waals surface area contributed by atoms with Gasteiger partial charge in [-0.25, -0.2) is 0 Å². The smallest absolute Gasteiger partial charge is 0.306 e. The molecule has 0 saturated carbocycles. The summed E-state index contributed by atoms with van der Waals surface area (Å²) < 4.78 is 5.26. The Morgan fingerprint density at radius 2 is 2.12 bits per heavy atom. The van der Waals surface area contributed by atoms with Gasteiger partial charge in [-0.2, -0.15) is 0 Å². The van der Waals surface area contributed by atoms with E-state index < -0.39 is 0 Å². The van der Waals surface area contributed by atoms with Crippen LogP contribution >= 0.6 is 0 Å². The monoisotopic (exact) mass is 224 g/mol. The van der Waals surface area contributed by atoms with E-state index in [0.29, 0.717) is 6.42 Å². The first-order valence-electron chi connectivity index (χ1n) is 6.67. The van der Waals surface area contributed by atoms with Crippen molar-refractivity contribution in [3.05, 3.63) is 12.2 Å². The van der Waals surface area contributed by atoms with Crippen LogP contribution < -0.4 is 0 Å². The maximum Gasteiger partial charge on any atom is 0.306 e. The van der Waals surface area contributed by atoms with Crippen molar-refractivity contribution < 1.29 is 9.53 Å². The molecule has 1 unspecified atom stereocenters. The van der Waals surface area contributed by atoms with E-state index in [1.165, 1.54) is 25.7 Å². The fourth-order valence-corrected chi connectivity index (χ4v) is 2.01. The highest BCUT2D eigenvalue weighted by atomic mass is 16.5. The van der Waals surface area contributed by atoms with Crippen LogP contribution in [0.2, 0.25) is 0 Å². The van der Waals surface area contributed by atoms with Gasteiger partial charge in [0.1, 0.15) is 6.10 Å². The van der Waals surface area contributed by atoms with Gasteiger partial charge in [0.05, 0.1) is 0 Å². The van der Waals surface area contributed by atoms with E-state index in [4.69, 9.17) is 4.74 Å². The second-order valence-electron chi connectivity index (χ2n) is 4.55. The second kappa shape index (κ2) is 8.37. The molecule has 1 rings (SSSR count). The first-order chi connectivity index (χ1) is 7.83. The van der Waals surface area contributed by atoms with E-state index >= 15 is 0 Å². The van der Waals surface area contributed by atoms with Crippen molar-refractivity contribution in [3.8, 4) is 0 Å². The predicted octanol–water partition coefficient (Wildman–Crippen LogP) is 4.00. The number of esters is 1. The van der Waals surface area contributed by atoms with Crippen LogP contribution in [-0.2, 0) is 9.53 Å². The van der Waals surface area contributed by atoms with Gasteiger partial charge in [-0.1, -0.05) is 31.9 Å². The summed E-state index contributed by atoms with van der Waals surface area (Å²) in [6.45, 7) is 2.22. The minimum absolute atomic E-state index is 0.0109. The average Bonchev–Trinajstić information content (AvgIpc) is 2.28. The number of hydrogen-bond donors (Lipinski definition) is 0. The summed E-state index contributed by atoms with van der Waals surface area (Å²) in [5, 5.41) is 0. The molecular weight excluding hydrogens is 200 g/mol. The molecule has 0 bridgehead atoms. The molecule has 0 radical (unpaired) electrons. The Hall–Kier alpha value is -0.790. The molecule has 0 spiro atoms. The number of allylic oxidation sites excluding steroid dienone is 2. The zero-order valence-electron chi connectivity index (χ0n) is 10.4. The molecule has 16 heavy (non-hydrogen) atoms. The maximum atomic E-state index is 11.0. The van der Waals surface area contributed by atoms with Crippen LogP contribution in [0.5, 0.6) is 0 Å². The summed E-state index contributed by atoms with van der Waals surface area (Å²) >= 11 is 0. The molecule has 0 aromatic heterocycles. The molecule has 92 valence electrons. The minimum Gasteiger partial charge on any atom is -0.462 e. The van der Waals surface area contributed by atoms with E-state index in [2.05, 4.69) is 19.1 Å². The summed E-state index contributed by atoms with van der Waals surface area (Å²) in [5.41, 5.74) is 0. The zero-order chi connectivity index (χ0) is 11.6. The maximum absolute atomic E-state index is 11.0. The number of hydrogen-bond acceptors (Lipinski definition) is 2. The predicted molar refractivity (Wildman–Crippen MR) is 66.2 cm³/mol. The fraction of sp³-hybridized carbons (Fsp3) is 0.786. The molecule has 1 atom stereocenters. The third kappa shape index (κ3) is 5.94. The van der Waals surface area contributed by atoms with Crippen molar-refractivity contribution in [1.29, 1.82) is 0 Å². The Morgan fingerprint density at radius 1 is 1.31 bits per heavy atom. The van der Waals surface area contributed by atoms with Crippen molar-refractivity contribution in [3.63, 3.8) is 0 Å². The molecule has 2 heteroatoms. The lowest BCUT2D eigenvalue weighted by Crippen LogP contribution is -2.23. The number of unbranched alkanes of at least 4 members (excludes halogenated alkanes) is 3. The summed E-state index contributed by atoms with van der Waals surface area (Å²) in [7, 11) is 0. The fourth-order valence-electron chi connectivity index (χ4n) is 2.01. The summed E-state index contributed by atoms with van der Waals surface area (Å²) in [5.74, 6) is -0.0109. The summed E-state index contributed by atoms with van der Waals surface area (Å²) in [6, 6.07) is 0. The molecule has 1 heterocycles. The van der Waals surface area contributed by atoms with E-state index in [1.54, 1.807) is 0 Å². The molecule has 0 aromatic carbocycles. The minimum atomic E-state index is -0.0109. The molecule has 1 saturated heterocycles. The average molecular weight is 224 g/mol. The van der Waals surface area contributed by atoms with Crippen molar-refractivity contribution in [2.45, 2.75) is 70.8 Å². The summed E-state index contributed by atoms with van der Waals surface area (Å²) in [4.78, 5) is 11.0. The molecule has 0 amide bonds. The van der Waals surface area contributed by atoms with Gasteiger partial charge in [0, 0.05) is 6.42 Å². The van der Waals surface area contributed by atoms with Crippen molar-refractivity contribution in [2.75, 3.05) is 0 Å². The Kier molecular flexibility index (Phi) is 6.95. The van der Waals surface area contributed by atoms with Gasteiger partial charge in [0.25, 0.3) is 0 Å². The zero-order valence-corrected chi connectivity index (χ0v) is 10.4. The normalized spacial score (nSPS) is 21.3. The molecule has 0 aromatic rings. The molecule has 0 aliphatic carbocycles. The van der Waals surface area contributed by atoms with Crippen LogP contribution in [0.25, 0.3) is 0 Å². The van der Waals surface area contributed by atoms with Crippen LogP contribution in [0, 0.1) is 0 Å². The van der Waals surface area contributed by atoms with Crippen LogP contribution in [0.1, 0.15) is 64.7 Å². The molecular formula is C14H24O2. The van der Waals surface area contributed by atoms with Gasteiger partial charge in [-0.15, -0.1) is 0 Å². The van der Waals surface area contributed by atoms with Crippen LogP contribution in [0.3, 0.4) is 0 Å². The van der Waals surface area contributed by atoms with Gasteiger partial charge in [-0.05, 0) is 38.5 Å². The second-order valence-corrected chi connectivity index (χ2v) is 4.55. The quantitative estimate of drug-likeness (QED) is 0.371. The lowest BCUT2D eigenvalue weighted by Gasteiger charge is -2.21. The molecule has 1 fully saturated rings. The van der Waals surface area contributed by atoms with Gasteiger partial charge in [0.15, 0.2) is 0 Å². The van der Waals surface area contributed by atoms with Crippen LogP contribution in [-0.4, -0.2) is 12.1 Å². The van der Waals surface area contributed by atoms with Crippen molar-refractivity contribution >= 4 is 5.97 Å². The first kappa shape index (κ1) is 13.3. The van der Waals surface area contributed by atoms with Crippen LogP contribution in [0.4, 0.5) is 0 Å². The number of cyclic esters (lactones) is 1. The number of ether oxygens (including phenoxy) is 1. The number of rotatable bonds is 7. The highest BCUT2D eigenvalue weighted by molar-refractivity contribution is 5.70. The Morgan fingerprint density at radius 3 is 2.88 bits per heavy atom. The van der Waals surface area contributed by atoms with E-state index in [9.17, 15) is 4.79 Å². The van der Waals surface area contributed by atoms with Crippen molar-refractivity contribution in [2.24, 2.45) is 0 Å². The lowest BCUT2D eigenvalue weighted by atomic mass is 10.0. The highest BCUT2D eigenvalue weighted by Gasteiger charge is 2.18. The number of carbonyl (C=O) groups is 1. The van der Waals surface area contributed by atoms with E-state index in [-0.39, 0.29) is 12.1 Å². The van der Waals surface area contributed by atoms with Crippen LogP contribution in [0.15, 0.2) is 12.2 Å². The number of carbonyl (C=O) groups excluding carboxylic acids is 1. The van der Waals surface area contributed by atoms with Gasteiger partial charge in [0.2, 0.25) is 0 Å². The molecule has 1 aliphatic rings. The van der Waals surface area contributed by atoms with Gasteiger partial charge in [-0.3, -0.25) is 4.79 Å². The largest absolute Gasteiger partial charge is 0.462 e. The topological polar surface area (TPSA) is 26.3 Å². The Balaban J connectivity index is 1.99. The lowest BCUT2D eigenvalue weighted by molar-refractivity contribution is -0.153. The molecule has 0 N–H and O–H groups in total. The highest BCUT2D eigenvalue weighted by Crippen LogP contribution is 2.18. The molecule has 1 aliphatic heterocycles. The van der Waals surface area contributed by atoms with Gasteiger partial charge < -0.3 is 4.74 Å².